The zero-order chi connectivity index (χ0) is 11.8. The highest BCUT2D eigenvalue weighted by Gasteiger charge is 2.19. The van der Waals surface area contributed by atoms with Crippen LogP contribution in [0.5, 0.6) is 0 Å². The third-order valence-electron chi connectivity index (χ3n) is 2.48. The molecule has 2 rings (SSSR count). The molecular weight excluding hydrogens is 200 g/mol. The summed E-state index contributed by atoms with van der Waals surface area (Å²) in [6, 6.07) is 8.17. The Bertz CT molecular complexity index is 495. The first-order valence-electron chi connectivity index (χ1n) is 5.32. The fourth-order valence-electron chi connectivity index (χ4n) is 1.59. The summed E-state index contributed by atoms with van der Waals surface area (Å²) in [5, 5.41) is 9.81. The van der Waals surface area contributed by atoms with Crippen molar-refractivity contribution in [2.75, 3.05) is 0 Å². The summed E-state index contributed by atoms with van der Waals surface area (Å²) in [5.74, 6) is 0.587. The van der Waals surface area contributed by atoms with Crippen LogP contribution in [-0.2, 0) is 5.60 Å². The number of hydrogen-bond donors (Lipinski definition) is 2. The molecule has 2 N–H and O–H groups in total. The molecule has 0 saturated carbocycles. The fraction of sp³-hybridized carbons (Fsp3) is 0.308. The third kappa shape index (κ3) is 2.14. The molecule has 0 fully saturated rings. The van der Waals surface area contributed by atoms with Crippen molar-refractivity contribution in [2.24, 2.45) is 0 Å². The summed E-state index contributed by atoms with van der Waals surface area (Å²) in [7, 11) is 0. The van der Waals surface area contributed by atoms with Gasteiger partial charge in [-0.05, 0) is 32.4 Å². The highest BCUT2D eigenvalue weighted by molar-refractivity contribution is 5.59. The van der Waals surface area contributed by atoms with Crippen molar-refractivity contribution >= 4 is 0 Å². The Kier molecular flexibility index (Phi) is 2.56. The van der Waals surface area contributed by atoms with Crippen LogP contribution < -0.4 is 0 Å². The first kappa shape index (κ1) is 10.9. The summed E-state index contributed by atoms with van der Waals surface area (Å²) >= 11 is 0. The Morgan fingerprint density at radius 1 is 1.31 bits per heavy atom. The smallest absolute Gasteiger partial charge is 0.138 e. The molecule has 1 heterocycles. The van der Waals surface area contributed by atoms with Crippen molar-refractivity contribution in [1.82, 2.24) is 9.97 Å². The predicted octanol–water partition coefficient (Wildman–Crippen LogP) is 2.61. The molecule has 0 aliphatic rings. The number of hydrogen-bond acceptors (Lipinski definition) is 2. The van der Waals surface area contributed by atoms with Gasteiger partial charge >= 0.3 is 0 Å². The fourth-order valence-corrected chi connectivity index (χ4v) is 1.59. The van der Waals surface area contributed by atoms with Crippen LogP contribution >= 0.6 is 0 Å². The van der Waals surface area contributed by atoms with E-state index in [0.717, 1.165) is 11.3 Å². The quantitative estimate of drug-likeness (QED) is 0.810. The molecule has 16 heavy (non-hydrogen) atoms. The molecule has 3 heteroatoms. The maximum Gasteiger partial charge on any atom is 0.138 e. The van der Waals surface area contributed by atoms with Crippen LogP contribution in [0, 0.1) is 6.92 Å². The molecule has 0 atom stereocenters. The lowest BCUT2D eigenvalue weighted by Gasteiger charge is -2.12. The second kappa shape index (κ2) is 3.76. The number of benzene rings is 1. The Labute approximate surface area is 95.2 Å². The molecule has 0 spiro atoms. The Morgan fingerprint density at radius 3 is 2.62 bits per heavy atom. The van der Waals surface area contributed by atoms with E-state index in [9.17, 15) is 5.11 Å². The number of nitrogens with zero attached hydrogens (tertiary/aromatic N) is 1. The first-order chi connectivity index (χ1) is 7.47. The number of nitrogens with one attached hydrogen (secondary N) is 1. The van der Waals surface area contributed by atoms with E-state index in [2.05, 4.69) is 29.0 Å². The van der Waals surface area contributed by atoms with Gasteiger partial charge in [0.05, 0.1) is 11.9 Å². The van der Waals surface area contributed by atoms with Gasteiger partial charge in [0.2, 0.25) is 0 Å². The van der Waals surface area contributed by atoms with Crippen molar-refractivity contribution in [3.8, 4) is 11.3 Å². The maximum absolute atomic E-state index is 9.81. The first-order valence-corrected chi connectivity index (χ1v) is 5.32. The molecule has 0 amide bonds. The summed E-state index contributed by atoms with van der Waals surface area (Å²) in [5.41, 5.74) is 2.29. The van der Waals surface area contributed by atoms with Gasteiger partial charge in [-0.25, -0.2) is 4.98 Å². The van der Waals surface area contributed by atoms with Crippen molar-refractivity contribution in [3.05, 3.63) is 41.9 Å². The monoisotopic (exact) mass is 216 g/mol. The number of aromatic nitrogens is 2. The van der Waals surface area contributed by atoms with E-state index in [-0.39, 0.29) is 0 Å². The van der Waals surface area contributed by atoms with E-state index in [1.54, 1.807) is 20.0 Å². The SMILES string of the molecule is Cc1cccc(-c2cnc(C(C)(C)O)[nH]2)c1. The average molecular weight is 216 g/mol. The molecular formula is C13H16N2O. The van der Waals surface area contributed by atoms with E-state index < -0.39 is 5.60 Å². The Morgan fingerprint density at radius 2 is 2.06 bits per heavy atom. The molecule has 0 radical (unpaired) electrons. The van der Waals surface area contributed by atoms with Crippen LogP contribution in [0.15, 0.2) is 30.5 Å². The minimum Gasteiger partial charge on any atom is -0.383 e. The van der Waals surface area contributed by atoms with Gasteiger partial charge in [0.15, 0.2) is 0 Å². The topological polar surface area (TPSA) is 48.9 Å². The Balaban J connectivity index is 2.39. The van der Waals surface area contributed by atoms with Crippen molar-refractivity contribution in [2.45, 2.75) is 26.4 Å². The minimum absolute atomic E-state index is 0.587. The molecule has 84 valence electrons. The van der Waals surface area contributed by atoms with E-state index in [1.165, 1.54) is 5.56 Å². The molecule has 0 aliphatic carbocycles. The third-order valence-corrected chi connectivity index (χ3v) is 2.48. The van der Waals surface area contributed by atoms with Gasteiger partial charge in [0, 0.05) is 0 Å². The van der Waals surface area contributed by atoms with Crippen LogP contribution in [0.25, 0.3) is 11.3 Å². The lowest BCUT2D eigenvalue weighted by Crippen LogP contribution is -2.17. The predicted molar refractivity (Wildman–Crippen MR) is 64.0 cm³/mol. The zero-order valence-corrected chi connectivity index (χ0v) is 9.78. The van der Waals surface area contributed by atoms with Gasteiger partial charge in [0.25, 0.3) is 0 Å². The second-order valence-electron chi connectivity index (χ2n) is 4.57. The van der Waals surface area contributed by atoms with E-state index in [0.29, 0.717) is 5.82 Å². The standard InChI is InChI=1S/C13H16N2O/c1-9-5-4-6-10(7-9)11-8-14-12(15-11)13(2,3)16/h4-8,16H,1-3H3,(H,14,15). The van der Waals surface area contributed by atoms with Crippen molar-refractivity contribution in [1.29, 1.82) is 0 Å². The number of imidazole rings is 1. The highest BCUT2D eigenvalue weighted by atomic mass is 16.3. The van der Waals surface area contributed by atoms with Crippen LogP contribution in [0.4, 0.5) is 0 Å². The maximum atomic E-state index is 9.81. The van der Waals surface area contributed by atoms with Crippen LogP contribution in [0.1, 0.15) is 25.2 Å². The number of rotatable bonds is 2. The van der Waals surface area contributed by atoms with Gasteiger partial charge < -0.3 is 10.1 Å². The van der Waals surface area contributed by atoms with Crippen molar-refractivity contribution < 1.29 is 5.11 Å². The van der Waals surface area contributed by atoms with Gasteiger partial charge in [-0.2, -0.15) is 0 Å². The molecule has 0 aliphatic heterocycles. The van der Waals surface area contributed by atoms with Gasteiger partial charge in [-0.1, -0.05) is 23.8 Å². The molecule has 1 aromatic carbocycles. The van der Waals surface area contributed by atoms with Crippen LogP contribution in [-0.4, -0.2) is 15.1 Å². The summed E-state index contributed by atoms with van der Waals surface area (Å²) in [4.78, 5) is 7.32. The lowest BCUT2D eigenvalue weighted by atomic mass is 10.1. The second-order valence-corrected chi connectivity index (χ2v) is 4.57. The molecule has 3 nitrogen and oxygen atoms in total. The molecule has 0 saturated heterocycles. The normalized spacial score (nSPS) is 11.8. The van der Waals surface area contributed by atoms with E-state index in [4.69, 9.17) is 0 Å². The summed E-state index contributed by atoms with van der Waals surface area (Å²) in [6.07, 6.45) is 1.75. The van der Waals surface area contributed by atoms with E-state index in [1.807, 2.05) is 12.1 Å². The van der Waals surface area contributed by atoms with Crippen LogP contribution in [0.2, 0.25) is 0 Å². The summed E-state index contributed by atoms with van der Waals surface area (Å²) < 4.78 is 0. The number of H-pyrrole nitrogens is 1. The summed E-state index contributed by atoms with van der Waals surface area (Å²) in [6.45, 7) is 5.48. The van der Waals surface area contributed by atoms with E-state index >= 15 is 0 Å². The highest BCUT2D eigenvalue weighted by Crippen LogP contribution is 2.22. The zero-order valence-electron chi connectivity index (χ0n) is 9.78. The molecule has 0 bridgehead atoms. The number of aryl methyl sites for hydroxylation is 1. The minimum atomic E-state index is -0.928. The molecule has 2 aromatic rings. The lowest BCUT2D eigenvalue weighted by molar-refractivity contribution is 0.0697. The number of aromatic amines is 1. The van der Waals surface area contributed by atoms with Crippen LogP contribution in [0.3, 0.4) is 0 Å². The van der Waals surface area contributed by atoms with Gasteiger partial charge in [0.1, 0.15) is 11.4 Å². The largest absolute Gasteiger partial charge is 0.383 e. The average Bonchev–Trinajstić information content (AvgIpc) is 2.65. The molecule has 0 unspecified atom stereocenters. The Hall–Kier alpha value is -1.61. The van der Waals surface area contributed by atoms with Gasteiger partial charge in [-0.3, -0.25) is 0 Å². The number of aliphatic hydroxyl groups is 1. The van der Waals surface area contributed by atoms with Crippen molar-refractivity contribution in [3.63, 3.8) is 0 Å². The van der Waals surface area contributed by atoms with Gasteiger partial charge in [-0.15, -0.1) is 0 Å². The molecule has 1 aromatic heterocycles.